The number of halogens is 1. The van der Waals surface area contributed by atoms with Gasteiger partial charge < -0.3 is 10.2 Å². The van der Waals surface area contributed by atoms with E-state index in [-0.39, 0.29) is 24.9 Å². The van der Waals surface area contributed by atoms with Crippen molar-refractivity contribution in [3.05, 3.63) is 101 Å². The Balaban J connectivity index is 2.06. The quantitative estimate of drug-likeness (QED) is 0.375. The summed E-state index contributed by atoms with van der Waals surface area (Å²) in [5.74, 6) is -0.809. The summed E-state index contributed by atoms with van der Waals surface area (Å²) in [6.07, 6.45) is 1.32. The van der Waals surface area contributed by atoms with Crippen LogP contribution in [-0.2, 0) is 32.6 Å². The summed E-state index contributed by atoms with van der Waals surface area (Å²) in [5, 5.41) is 3.33. The molecule has 0 saturated heterocycles. The number of hydrogen-bond acceptors (Lipinski definition) is 4. The number of hydrogen-bond donors (Lipinski definition) is 1. The number of anilines is 1. The van der Waals surface area contributed by atoms with Crippen molar-refractivity contribution in [2.45, 2.75) is 45.8 Å². The van der Waals surface area contributed by atoms with Gasteiger partial charge in [0, 0.05) is 24.0 Å². The summed E-state index contributed by atoms with van der Waals surface area (Å²) in [6, 6.07) is 22.7. The lowest BCUT2D eigenvalue weighted by atomic mass is 10.0. The molecule has 0 aliphatic carbocycles. The Kier molecular flexibility index (Phi) is 9.94. The Morgan fingerprint density at radius 2 is 1.47 bits per heavy atom. The van der Waals surface area contributed by atoms with Crippen molar-refractivity contribution in [3.8, 4) is 0 Å². The SMILES string of the molecule is Cc1c(Cl)cccc1N(CC(=O)N(Cc1ccccc1)[C@@H](Cc1ccccc1)C(=O)NC(C)C)S(C)(=O)=O. The van der Waals surface area contributed by atoms with Crippen LogP contribution in [0.2, 0.25) is 5.02 Å². The first-order chi connectivity index (χ1) is 18.0. The molecule has 38 heavy (non-hydrogen) atoms. The minimum atomic E-state index is -3.86. The van der Waals surface area contributed by atoms with E-state index in [1.54, 1.807) is 25.1 Å². The number of nitrogens with one attached hydrogen (secondary N) is 1. The summed E-state index contributed by atoms with van der Waals surface area (Å²) in [5.41, 5.74) is 2.56. The zero-order valence-corrected chi connectivity index (χ0v) is 23.7. The lowest BCUT2D eigenvalue weighted by Crippen LogP contribution is -2.54. The molecule has 0 aromatic heterocycles. The topological polar surface area (TPSA) is 86.8 Å². The Morgan fingerprint density at radius 3 is 2.03 bits per heavy atom. The Hall–Kier alpha value is -3.36. The normalized spacial score (nSPS) is 12.2. The molecule has 9 heteroatoms. The number of sulfonamides is 1. The molecule has 1 atom stereocenters. The molecule has 3 rings (SSSR count). The Morgan fingerprint density at radius 1 is 0.895 bits per heavy atom. The van der Waals surface area contributed by atoms with Crippen LogP contribution < -0.4 is 9.62 Å². The lowest BCUT2D eigenvalue weighted by Gasteiger charge is -2.34. The van der Waals surface area contributed by atoms with Gasteiger partial charge >= 0.3 is 0 Å². The van der Waals surface area contributed by atoms with Gasteiger partial charge in [0.25, 0.3) is 0 Å². The third-order valence-electron chi connectivity index (χ3n) is 6.08. The number of benzene rings is 3. The molecule has 0 heterocycles. The number of carbonyl (C=O) groups excluding carboxylic acids is 2. The molecular weight excluding hydrogens is 522 g/mol. The average molecular weight is 556 g/mol. The average Bonchev–Trinajstić information content (AvgIpc) is 2.86. The monoisotopic (exact) mass is 555 g/mol. The molecule has 3 aromatic rings. The van der Waals surface area contributed by atoms with Gasteiger partial charge in [0.1, 0.15) is 12.6 Å². The highest BCUT2D eigenvalue weighted by Gasteiger charge is 2.33. The van der Waals surface area contributed by atoms with Crippen LogP contribution in [0.5, 0.6) is 0 Å². The maximum Gasteiger partial charge on any atom is 0.244 e. The van der Waals surface area contributed by atoms with E-state index in [4.69, 9.17) is 11.6 Å². The van der Waals surface area contributed by atoms with Gasteiger partial charge in [-0.25, -0.2) is 8.42 Å². The van der Waals surface area contributed by atoms with Gasteiger partial charge in [0.05, 0.1) is 11.9 Å². The summed E-state index contributed by atoms with van der Waals surface area (Å²) < 4.78 is 26.8. The van der Waals surface area contributed by atoms with E-state index in [1.807, 2.05) is 74.5 Å². The highest BCUT2D eigenvalue weighted by atomic mass is 35.5. The van der Waals surface area contributed by atoms with E-state index in [1.165, 1.54) is 4.90 Å². The number of nitrogens with zero attached hydrogens (tertiary/aromatic N) is 2. The van der Waals surface area contributed by atoms with Crippen molar-refractivity contribution in [1.82, 2.24) is 10.2 Å². The second kappa shape index (κ2) is 12.9. The van der Waals surface area contributed by atoms with Gasteiger partial charge in [-0.3, -0.25) is 13.9 Å². The molecule has 0 radical (unpaired) electrons. The van der Waals surface area contributed by atoms with Crippen LogP contribution in [-0.4, -0.2) is 50.0 Å². The first-order valence-corrected chi connectivity index (χ1v) is 14.6. The predicted octanol–water partition coefficient (Wildman–Crippen LogP) is 4.58. The van der Waals surface area contributed by atoms with Crippen molar-refractivity contribution in [1.29, 1.82) is 0 Å². The van der Waals surface area contributed by atoms with Crippen LogP contribution in [0, 0.1) is 6.92 Å². The van der Waals surface area contributed by atoms with Gasteiger partial charge in [-0.05, 0) is 49.6 Å². The molecular formula is C29H34ClN3O4S. The molecule has 202 valence electrons. The standard InChI is InChI=1S/C29H34ClN3O4S/c1-21(2)31-29(35)27(18-23-12-7-5-8-13-23)32(19-24-14-9-6-10-15-24)28(34)20-33(38(4,36)37)26-17-11-16-25(30)22(26)3/h5-17,21,27H,18-20H2,1-4H3,(H,31,35)/t27-/m0/s1. The Labute approximate surface area is 230 Å². The molecule has 0 spiro atoms. The van der Waals surface area contributed by atoms with Crippen molar-refractivity contribution in [2.24, 2.45) is 0 Å². The van der Waals surface area contributed by atoms with Gasteiger partial charge in [-0.2, -0.15) is 0 Å². The van der Waals surface area contributed by atoms with Crippen molar-refractivity contribution >= 4 is 39.1 Å². The van der Waals surface area contributed by atoms with E-state index in [9.17, 15) is 18.0 Å². The van der Waals surface area contributed by atoms with Gasteiger partial charge in [0.15, 0.2) is 0 Å². The minimum absolute atomic E-state index is 0.134. The zero-order valence-electron chi connectivity index (χ0n) is 22.1. The molecule has 0 fully saturated rings. The minimum Gasteiger partial charge on any atom is -0.352 e. The molecule has 1 N–H and O–H groups in total. The summed E-state index contributed by atoms with van der Waals surface area (Å²) in [6.45, 7) is 5.07. The third-order valence-corrected chi connectivity index (χ3v) is 7.62. The molecule has 0 unspecified atom stereocenters. The molecule has 0 saturated carbocycles. The molecule has 0 bridgehead atoms. The second-order valence-electron chi connectivity index (χ2n) is 9.53. The van der Waals surface area contributed by atoms with E-state index in [2.05, 4.69) is 5.32 Å². The maximum atomic E-state index is 14.0. The van der Waals surface area contributed by atoms with Crippen molar-refractivity contribution in [3.63, 3.8) is 0 Å². The van der Waals surface area contributed by atoms with Crippen molar-refractivity contribution < 1.29 is 18.0 Å². The van der Waals surface area contributed by atoms with Crippen LogP contribution in [0.25, 0.3) is 0 Å². The van der Waals surface area contributed by atoms with Crippen LogP contribution in [0.3, 0.4) is 0 Å². The molecule has 0 aliphatic heterocycles. The van der Waals surface area contributed by atoms with E-state index >= 15 is 0 Å². The van der Waals surface area contributed by atoms with E-state index < -0.39 is 28.5 Å². The fourth-order valence-corrected chi connectivity index (χ4v) is 5.25. The van der Waals surface area contributed by atoms with E-state index in [0.29, 0.717) is 16.3 Å². The van der Waals surface area contributed by atoms with Crippen LogP contribution >= 0.6 is 11.6 Å². The largest absolute Gasteiger partial charge is 0.352 e. The summed E-state index contributed by atoms with van der Waals surface area (Å²) in [4.78, 5) is 29.0. The first kappa shape index (κ1) is 29.2. The predicted molar refractivity (Wildman–Crippen MR) is 153 cm³/mol. The smallest absolute Gasteiger partial charge is 0.244 e. The number of amides is 2. The summed E-state index contributed by atoms with van der Waals surface area (Å²) >= 11 is 6.28. The maximum absolute atomic E-state index is 14.0. The highest BCUT2D eigenvalue weighted by Crippen LogP contribution is 2.28. The number of carbonyl (C=O) groups is 2. The fraction of sp³-hybridized carbons (Fsp3) is 0.310. The lowest BCUT2D eigenvalue weighted by molar-refractivity contribution is -0.140. The molecule has 0 aliphatic rings. The Bertz CT molecular complexity index is 1350. The molecule has 7 nitrogen and oxygen atoms in total. The van der Waals surface area contributed by atoms with Crippen LogP contribution in [0.4, 0.5) is 5.69 Å². The number of rotatable bonds is 11. The summed E-state index contributed by atoms with van der Waals surface area (Å²) in [7, 11) is -3.86. The van der Waals surface area contributed by atoms with E-state index in [0.717, 1.165) is 21.7 Å². The third kappa shape index (κ3) is 7.82. The first-order valence-electron chi connectivity index (χ1n) is 12.4. The highest BCUT2D eigenvalue weighted by molar-refractivity contribution is 7.92. The van der Waals surface area contributed by atoms with Crippen LogP contribution in [0.1, 0.15) is 30.5 Å². The van der Waals surface area contributed by atoms with Crippen LogP contribution in [0.15, 0.2) is 78.9 Å². The fourth-order valence-electron chi connectivity index (χ4n) is 4.18. The molecule has 2 amide bonds. The second-order valence-corrected chi connectivity index (χ2v) is 11.8. The van der Waals surface area contributed by atoms with Gasteiger partial charge in [0.2, 0.25) is 21.8 Å². The zero-order chi connectivity index (χ0) is 27.9. The van der Waals surface area contributed by atoms with Gasteiger partial charge in [-0.15, -0.1) is 0 Å². The molecule has 3 aromatic carbocycles. The van der Waals surface area contributed by atoms with Crippen molar-refractivity contribution in [2.75, 3.05) is 17.1 Å². The van der Waals surface area contributed by atoms with Gasteiger partial charge in [-0.1, -0.05) is 78.3 Å².